The van der Waals surface area contributed by atoms with E-state index in [0.717, 1.165) is 0 Å². The van der Waals surface area contributed by atoms with Gasteiger partial charge in [0.25, 0.3) is 5.91 Å². The Bertz CT molecular complexity index is 647. The van der Waals surface area contributed by atoms with E-state index in [4.69, 9.17) is 0 Å². The topological polar surface area (TPSA) is 42.0 Å². The van der Waals surface area contributed by atoms with Crippen molar-refractivity contribution in [3.63, 3.8) is 0 Å². The van der Waals surface area contributed by atoms with Gasteiger partial charge in [0.2, 0.25) is 0 Å². The van der Waals surface area contributed by atoms with Crippen molar-refractivity contribution in [3.8, 4) is 0 Å². The molecule has 0 atom stereocenters. The van der Waals surface area contributed by atoms with Crippen LogP contribution in [0.3, 0.4) is 0 Å². The Hall–Kier alpha value is -1.82. The molecule has 2 aromatic rings. The van der Waals surface area contributed by atoms with Crippen molar-refractivity contribution < 1.29 is 13.6 Å². The molecule has 0 aliphatic carbocycles. The quantitative estimate of drug-likeness (QED) is 0.914. The number of pyridine rings is 1. The van der Waals surface area contributed by atoms with Gasteiger partial charge in [0.05, 0.1) is 15.7 Å². The highest BCUT2D eigenvalue weighted by Crippen LogP contribution is 2.22. The van der Waals surface area contributed by atoms with Gasteiger partial charge >= 0.3 is 0 Å². The van der Waals surface area contributed by atoms with Crippen LogP contribution in [0.25, 0.3) is 0 Å². The van der Waals surface area contributed by atoms with E-state index in [-0.39, 0.29) is 11.1 Å². The van der Waals surface area contributed by atoms with Gasteiger partial charge in [-0.05, 0) is 40.5 Å². The normalized spacial score (nSPS) is 10.3. The van der Waals surface area contributed by atoms with E-state index in [1.165, 1.54) is 25.4 Å². The molecule has 2 rings (SSSR count). The lowest BCUT2D eigenvalue weighted by Gasteiger charge is -2.08. The first-order valence-electron chi connectivity index (χ1n) is 5.35. The van der Waals surface area contributed by atoms with Gasteiger partial charge in [-0.25, -0.2) is 8.78 Å². The van der Waals surface area contributed by atoms with Gasteiger partial charge in [0.15, 0.2) is 0 Å². The Balaban J connectivity index is 2.31. The molecule has 0 saturated heterocycles. The highest BCUT2D eigenvalue weighted by Gasteiger charge is 2.15. The second-order valence-corrected chi connectivity index (χ2v) is 4.75. The van der Waals surface area contributed by atoms with Crippen LogP contribution in [0.1, 0.15) is 15.9 Å². The molecule has 0 aliphatic rings. The molecule has 1 N–H and O–H groups in total. The summed E-state index contributed by atoms with van der Waals surface area (Å²) in [6.45, 7) is 1.47. The maximum atomic E-state index is 13.6. The average molecular weight is 327 g/mol. The molecule has 19 heavy (non-hydrogen) atoms. The monoisotopic (exact) mass is 326 g/mol. The Morgan fingerprint density at radius 1 is 1.32 bits per heavy atom. The SMILES string of the molecule is Cc1cc(C(=O)Nc2ccncc2Br)c(F)cc1F. The van der Waals surface area contributed by atoms with Crippen LogP contribution in [0, 0.1) is 18.6 Å². The van der Waals surface area contributed by atoms with Crippen molar-refractivity contribution >= 4 is 27.5 Å². The third-order valence-electron chi connectivity index (χ3n) is 2.51. The lowest BCUT2D eigenvalue weighted by Crippen LogP contribution is -2.15. The minimum atomic E-state index is -0.897. The van der Waals surface area contributed by atoms with Crippen LogP contribution in [-0.4, -0.2) is 10.9 Å². The standard InChI is InChI=1S/C13H9BrF2N2O/c1-7-4-8(11(16)5-10(7)15)13(19)18-12-2-3-17-6-9(12)14/h2-6H,1H3,(H,17,18,19). The van der Waals surface area contributed by atoms with Crippen LogP contribution in [0.4, 0.5) is 14.5 Å². The van der Waals surface area contributed by atoms with Crippen molar-refractivity contribution in [2.24, 2.45) is 0 Å². The fourth-order valence-corrected chi connectivity index (χ4v) is 1.85. The van der Waals surface area contributed by atoms with Crippen molar-refractivity contribution in [2.75, 3.05) is 5.32 Å². The maximum Gasteiger partial charge on any atom is 0.258 e. The molecule has 0 unspecified atom stereocenters. The number of carbonyl (C=O) groups excluding carboxylic acids is 1. The number of rotatable bonds is 2. The molecular formula is C13H9BrF2N2O. The largest absolute Gasteiger partial charge is 0.321 e. The van der Waals surface area contributed by atoms with Crippen LogP contribution < -0.4 is 5.32 Å². The minimum Gasteiger partial charge on any atom is -0.321 e. The van der Waals surface area contributed by atoms with Crippen molar-refractivity contribution in [2.45, 2.75) is 6.92 Å². The summed E-state index contributed by atoms with van der Waals surface area (Å²) in [6, 6.07) is 3.44. The molecule has 1 aromatic heterocycles. The van der Waals surface area contributed by atoms with Crippen LogP contribution in [0.5, 0.6) is 0 Å². The van der Waals surface area contributed by atoms with Gasteiger partial charge in [-0.1, -0.05) is 0 Å². The Labute approximate surface area is 116 Å². The predicted octanol–water partition coefficient (Wildman–Crippen LogP) is 3.68. The maximum absolute atomic E-state index is 13.6. The summed E-state index contributed by atoms with van der Waals surface area (Å²) in [5.74, 6) is -2.22. The number of halogens is 3. The number of hydrogen-bond acceptors (Lipinski definition) is 2. The highest BCUT2D eigenvalue weighted by molar-refractivity contribution is 9.10. The zero-order valence-electron chi connectivity index (χ0n) is 9.88. The van der Waals surface area contributed by atoms with Gasteiger partial charge in [0.1, 0.15) is 11.6 Å². The van der Waals surface area contributed by atoms with Gasteiger partial charge in [-0.2, -0.15) is 0 Å². The number of anilines is 1. The Kier molecular flexibility index (Phi) is 3.90. The molecule has 0 saturated carbocycles. The molecule has 3 nitrogen and oxygen atoms in total. The fourth-order valence-electron chi connectivity index (χ4n) is 1.50. The summed E-state index contributed by atoms with van der Waals surface area (Å²) in [5.41, 5.74) is 0.462. The van der Waals surface area contributed by atoms with E-state index in [1.54, 1.807) is 6.07 Å². The first-order valence-corrected chi connectivity index (χ1v) is 6.15. The van der Waals surface area contributed by atoms with E-state index in [0.29, 0.717) is 16.2 Å². The van der Waals surface area contributed by atoms with E-state index < -0.39 is 17.5 Å². The van der Waals surface area contributed by atoms with E-state index in [1.807, 2.05) is 0 Å². The summed E-state index contributed by atoms with van der Waals surface area (Å²) in [5, 5.41) is 2.53. The predicted molar refractivity (Wildman–Crippen MR) is 71.0 cm³/mol. The van der Waals surface area contributed by atoms with E-state index in [9.17, 15) is 13.6 Å². The number of aryl methyl sites for hydroxylation is 1. The summed E-state index contributed by atoms with van der Waals surface area (Å²) in [6.07, 6.45) is 2.99. The summed E-state index contributed by atoms with van der Waals surface area (Å²) in [7, 11) is 0. The third kappa shape index (κ3) is 2.96. The van der Waals surface area contributed by atoms with Crippen LogP contribution in [0.15, 0.2) is 35.1 Å². The lowest BCUT2D eigenvalue weighted by molar-refractivity contribution is 0.102. The summed E-state index contributed by atoms with van der Waals surface area (Å²) >= 11 is 3.21. The second kappa shape index (κ2) is 5.44. The van der Waals surface area contributed by atoms with Gasteiger partial charge in [-0.15, -0.1) is 0 Å². The Morgan fingerprint density at radius 2 is 2.05 bits per heavy atom. The smallest absolute Gasteiger partial charge is 0.258 e. The molecule has 0 aliphatic heterocycles. The third-order valence-corrected chi connectivity index (χ3v) is 3.15. The molecular weight excluding hydrogens is 318 g/mol. The van der Waals surface area contributed by atoms with E-state index >= 15 is 0 Å². The molecule has 0 radical (unpaired) electrons. The average Bonchev–Trinajstić information content (AvgIpc) is 2.36. The second-order valence-electron chi connectivity index (χ2n) is 3.89. The highest BCUT2D eigenvalue weighted by atomic mass is 79.9. The molecule has 98 valence electrons. The van der Waals surface area contributed by atoms with Crippen molar-refractivity contribution in [1.29, 1.82) is 0 Å². The lowest BCUT2D eigenvalue weighted by atomic mass is 10.1. The van der Waals surface area contributed by atoms with E-state index in [2.05, 4.69) is 26.2 Å². The van der Waals surface area contributed by atoms with Crippen LogP contribution >= 0.6 is 15.9 Å². The first kappa shape index (κ1) is 13.6. The van der Waals surface area contributed by atoms with Gasteiger partial charge in [0, 0.05) is 18.5 Å². The molecule has 6 heteroatoms. The number of amides is 1. The zero-order chi connectivity index (χ0) is 14.0. The fraction of sp³-hybridized carbons (Fsp3) is 0.0769. The molecule has 1 amide bonds. The number of nitrogens with zero attached hydrogens (tertiary/aromatic N) is 1. The summed E-state index contributed by atoms with van der Waals surface area (Å²) in [4.78, 5) is 15.8. The first-order chi connectivity index (χ1) is 8.99. The van der Waals surface area contributed by atoms with Crippen molar-refractivity contribution in [3.05, 3.63) is 57.8 Å². The molecule has 0 bridgehead atoms. The molecule has 0 fully saturated rings. The minimum absolute atomic E-state index is 0.206. The molecule has 0 spiro atoms. The number of carbonyl (C=O) groups is 1. The summed E-state index contributed by atoms with van der Waals surface area (Å²) < 4.78 is 27.3. The molecule has 1 aromatic carbocycles. The van der Waals surface area contributed by atoms with Crippen molar-refractivity contribution in [1.82, 2.24) is 4.98 Å². The van der Waals surface area contributed by atoms with Crippen LogP contribution in [0.2, 0.25) is 0 Å². The number of hydrogen-bond donors (Lipinski definition) is 1. The van der Waals surface area contributed by atoms with Gasteiger partial charge < -0.3 is 5.32 Å². The number of benzene rings is 1. The Morgan fingerprint density at radius 3 is 2.74 bits per heavy atom. The molecule has 1 heterocycles. The zero-order valence-corrected chi connectivity index (χ0v) is 11.5. The number of aromatic nitrogens is 1. The van der Waals surface area contributed by atoms with Gasteiger partial charge in [-0.3, -0.25) is 9.78 Å². The number of nitrogens with one attached hydrogen (secondary N) is 1. The van der Waals surface area contributed by atoms with Crippen LogP contribution in [-0.2, 0) is 0 Å².